The van der Waals surface area contributed by atoms with E-state index in [4.69, 9.17) is 11.6 Å². The molecule has 0 unspecified atom stereocenters. The lowest BCUT2D eigenvalue weighted by molar-refractivity contribution is -0.137. The largest absolute Gasteiger partial charge is 0.417 e. The van der Waals surface area contributed by atoms with Crippen LogP contribution >= 0.6 is 34.2 Å². The second-order valence-corrected chi connectivity index (χ2v) is 3.54. The van der Waals surface area contributed by atoms with Gasteiger partial charge in [0.2, 0.25) is 0 Å². The highest BCUT2D eigenvalue weighted by molar-refractivity contribution is 14.1. The summed E-state index contributed by atoms with van der Waals surface area (Å²) in [7, 11) is 0. The lowest BCUT2D eigenvalue weighted by Gasteiger charge is -2.07. The highest BCUT2D eigenvalue weighted by Crippen LogP contribution is 2.32. The van der Waals surface area contributed by atoms with Gasteiger partial charge in [0.15, 0.2) is 5.83 Å². The van der Waals surface area contributed by atoms with Crippen molar-refractivity contribution in [3.63, 3.8) is 0 Å². The van der Waals surface area contributed by atoms with Crippen molar-refractivity contribution in [3.05, 3.63) is 32.6 Å². The van der Waals surface area contributed by atoms with E-state index in [9.17, 15) is 17.6 Å². The van der Waals surface area contributed by atoms with Crippen molar-refractivity contribution in [2.45, 2.75) is 6.18 Å². The second kappa shape index (κ2) is 4.65. The number of alkyl halides is 3. The van der Waals surface area contributed by atoms with Crippen LogP contribution in [-0.2, 0) is 6.18 Å². The van der Waals surface area contributed by atoms with Gasteiger partial charge >= 0.3 is 6.18 Å². The molecule has 0 N–H and O–H groups in total. The molecule has 1 aromatic rings. The molecule has 0 bridgehead atoms. The summed E-state index contributed by atoms with van der Waals surface area (Å²) in [4.78, 5) is 3.32. The van der Waals surface area contributed by atoms with Gasteiger partial charge in [-0.15, -0.1) is 0 Å². The Labute approximate surface area is 101 Å². The zero-order valence-electron chi connectivity index (χ0n) is 6.95. The second-order valence-electron chi connectivity index (χ2n) is 2.51. The molecule has 0 radical (unpaired) electrons. The van der Waals surface area contributed by atoms with Crippen molar-refractivity contribution in [2.24, 2.45) is 0 Å². The number of aromatic nitrogens is 1. The quantitative estimate of drug-likeness (QED) is 0.538. The summed E-state index contributed by atoms with van der Waals surface area (Å²) in [5.41, 5.74) is -1.29. The van der Waals surface area contributed by atoms with Gasteiger partial charge in [-0.3, -0.25) is 4.98 Å². The first kappa shape index (κ1) is 12.7. The molecule has 0 fully saturated rings. The van der Waals surface area contributed by atoms with Crippen LogP contribution in [0.25, 0.3) is 5.83 Å². The van der Waals surface area contributed by atoms with E-state index < -0.39 is 17.6 Å². The molecule has 0 aliphatic heterocycles. The topological polar surface area (TPSA) is 12.9 Å². The minimum Gasteiger partial charge on any atom is -0.252 e. The molecule has 0 aliphatic rings. The Morgan fingerprint density at radius 2 is 2.07 bits per heavy atom. The minimum atomic E-state index is -4.53. The zero-order valence-corrected chi connectivity index (χ0v) is 9.86. The fourth-order valence-corrected chi connectivity index (χ4v) is 1.37. The normalized spacial score (nSPS) is 13.1. The summed E-state index contributed by atoms with van der Waals surface area (Å²) >= 11 is 7.06. The van der Waals surface area contributed by atoms with Crippen LogP contribution in [0.5, 0.6) is 0 Å². The van der Waals surface area contributed by atoms with E-state index in [2.05, 4.69) is 4.98 Å². The fourth-order valence-electron chi connectivity index (χ4n) is 0.820. The molecule has 0 atom stereocenters. The summed E-state index contributed by atoms with van der Waals surface area (Å²) in [5, 5.41) is -0.366. The van der Waals surface area contributed by atoms with Gasteiger partial charge in [0, 0.05) is 10.3 Å². The van der Waals surface area contributed by atoms with Crippen molar-refractivity contribution in [3.8, 4) is 0 Å². The maximum atomic E-state index is 13.0. The molecule has 1 heterocycles. The average Bonchev–Trinajstić information content (AvgIpc) is 2.15. The Morgan fingerprint density at radius 1 is 1.47 bits per heavy atom. The van der Waals surface area contributed by atoms with Crippen molar-refractivity contribution >= 4 is 40.0 Å². The maximum Gasteiger partial charge on any atom is 0.417 e. The summed E-state index contributed by atoms with van der Waals surface area (Å²) in [6.07, 6.45) is -3.99. The van der Waals surface area contributed by atoms with Crippen LogP contribution in [0.3, 0.4) is 0 Å². The monoisotopic (exact) mass is 351 g/mol. The summed E-state index contributed by atoms with van der Waals surface area (Å²) in [6, 6.07) is 0.642. The van der Waals surface area contributed by atoms with Gasteiger partial charge in [-0.1, -0.05) is 11.6 Å². The molecule has 0 saturated heterocycles. The molecule has 0 aliphatic carbocycles. The molecule has 1 nitrogen and oxygen atoms in total. The van der Waals surface area contributed by atoms with Gasteiger partial charge in [0.25, 0.3) is 0 Å². The van der Waals surface area contributed by atoms with Crippen LogP contribution in [0.15, 0.2) is 16.3 Å². The predicted octanol–water partition coefficient (Wildman–Crippen LogP) is 4.46. The van der Waals surface area contributed by atoms with Gasteiger partial charge in [0.05, 0.1) is 10.6 Å². The Hall–Kier alpha value is -0.370. The van der Waals surface area contributed by atoms with Crippen molar-refractivity contribution in [1.29, 1.82) is 0 Å². The Morgan fingerprint density at radius 3 is 2.47 bits per heavy atom. The lowest BCUT2D eigenvalue weighted by atomic mass is 10.2. The van der Waals surface area contributed by atoms with Gasteiger partial charge in [-0.05, 0) is 28.7 Å². The van der Waals surface area contributed by atoms with Gasteiger partial charge in [0.1, 0.15) is 5.69 Å². The third kappa shape index (κ3) is 3.04. The Balaban J connectivity index is 3.21. The van der Waals surface area contributed by atoms with E-state index in [1.54, 1.807) is 22.6 Å². The van der Waals surface area contributed by atoms with Crippen LogP contribution in [0.4, 0.5) is 17.6 Å². The van der Waals surface area contributed by atoms with Gasteiger partial charge in [-0.25, -0.2) is 4.39 Å². The van der Waals surface area contributed by atoms with Crippen LogP contribution in [0, 0.1) is 0 Å². The van der Waals surface area contributed by atoms with Crippen molar-refractivity contribution < 1.29 is 17.6 Å². The highest BCUT2D eigenvalue weighted by Gasteiger charge is 2.31. The van der Waals surface area contributed by atoms with E-state index in [1.165, 1.54) is 0 Å². The standard InChI is InChI=1S/C8H3ClF4IN/c9-5-1-4(8(11,12)13)3-15-7(5)6(10)2-14/h1-3H/b6-2+. The molecular weight excluding hydrogens is 348 g/mol. The molecule has 15 heavy (non-hydrogen) atoms. The minimum absolute atomic E-state index is 0.293. The summed E-state index contributed by atoms with van der Waals surface area (Å²) < 4.78 is 50.5. The van der Waals surface area contributed by atoms with Gasteiger partial charge < -0.3 is 0 Å². The molecule has 1 rings (SSSR count). The third-order valence-electron chi connectivity index (χ3n) is 1.49. The molecule has 0 aromatic carbocycles. The van der Waals surface area contributed by atoms with Crippen molar-refractivity contribution in [2.75, 3.05) is 0 Å². The molecule has 82 valence electrons. The Bertz CT molecular complexity index is 402. The smallest absolute Gasteiger partial charge is 0.252 e. The average molecular weight is 351 g/mol. The van der Waals surface area contributed by atoms with E-state index in [0.717, 1.165) is 4.08 Å². The van der Waals surface area contributed by atoms with Crippen molar-refractivity contribution in [1.82, 2.24) is 4.98 Å². The van der Waals surface area contributed by atoms with Crippen LogP contribution in [0.2, 0.25) is 5.02 Å². The third-order valence-corrected chi connectivity index (χ3v) is 2.33. The number of pyridine rings is 1. The maximum absolute atomic E-state index is 13.0. The first-order chi connectivity index (χ1) is 6.86. The van der Waals surface area contributed by atoms with E-state index in [-0.39, 0.29) is 10.7 Å². The molecule has 0 saturated carbocycles. The molecule has 0 amide bonds. The summed E-state index contributed by atoms with van der Waals surface area (Å²) in [6.45, 7) is 0. The fraction of sp³-hybridized carbons (Fsp3) is 0.125. The first-order valence-corrected chi connectivity index (χ1v) is 5.17. The Kier molecular flexibility index (Phi) is 3.93. The lowest BCUT2D eigenvalue weighted by Crippen LogP contribution is -2.06. The van der Waals surface area contributed by atoms with Crippen LogP contribution in [0.1, 0.15) is 11.3 Å². The molecule has 1 aromatic heterocycles. The van der Waals surface area contributed by atoms with Crippen LogP contribution < -0.4 is 0 Å². The number of rotatable bonds is 1. The number of hydrogen-bond acceptors (Lipinski definition) is 1. The first-order valence-electron chi connectivity index (χ1n) is 3.55. The number of halogens is 6. The molecule has 0 spiro atoms. The number of hydrogen-bond donors (Lipinski definition) is 0. The zero-order chi connectivity index (χ0) is 11.6. The number of nitrogens with zero attached hydrogens (tertiary/aromatic N) is 1. The van der Waals surface area contributed by atoms with E-state index in [0.29, 0.717) is 12.3 Å². The summed E-state index contributed by atoms with van der Waals surface area (Å²) in [5.74, 6) is -0.769. The van der Waals surface area contributed by atoms with E-state index in [1.807, 2.05) is 0 Å². The SMILES string of the molecule is F/C(=C/I)c1ncc(C(F)(F)F)cc1Cl. The molecule has 7 heteroatoms. The van der Waals surface area contributed by atoms with Crippen LogP contribution in [-0.4, -0.2) is 4.98 Å². The predicted molar refractivity (Wildman–Crippen MR) is 57.4 cm³/mol. The molecular formula is C8H3ClF4IN. The van der Waals surface area contributed by atoms with Gasteiger partial charge in [-0.2, -0.15) is 13.2 Å². The highest BCUT2D eigenvalue weighted by atomic mass is 127. The van der Waals surface area contributed by atoms with E-state index >= 15 is 0 Å².